The Morgan fingerprint density at radius 1 is 1.16 bits per heavy atom. The van der Waals surface area contributed by atoms with Gasteiger partial charge in [-0.2, -0.15) is 0 Å². The van der Waals surface area contributed by atoms with Crippen molar-refractivity contribution in [3.63, 3.8) is 0 Å². The van der Waals surface area contributed by atoms with Gasteiger partial charge in [0.1, 0.15) is 6.17 Å². The lowest BCUT2D eigenvalue weighted by molar-refractivity contribution is -0.212. The van der Waals surface area contributed by atoms with Crippen LogP contribution in [0.5, 0.6) is 0 Å². The van der Waals surface area contributed by atoms with Crippen LogP contribution in [0.2, 0.25) is 0 Å². The summed E-state index contributed by atoms with van der Waals surface area (Å²) in [7, 11) is 1.32. The lowest BCUT2D eigenvalue weighted by atomic mass is 9.43. The maximum absolute atomic E-state index is 17.7. The Morgan fingerprint density at radius 2 is 1.91 bits per heavy atom. The van der Waals surface area contributed by atoms with Crippen LogP contribution in [0.15, 0.2) is 48.1 Å². The zero-order valence-electron chi connectivity index (χ0n) is 25.5. The zero-order valence-corrected chi connectivity index (χ0v) is 25.5. The monoisotopic (exact) mass is 611 g/mol. The molecular formula is C34H39F2NO7. The molecule has 0 aromatic heterocycles. The first-order chi connectivity index (χ1) is 20.7. The number of hydrogen-bond acceptors (Lipinski definition) is 8. The van der Waals surface area contributed by atoms with Crippen molar-refractivity contribution in [3.05, 3.63) is 59.2 Å². The number of hydrogen-bond donors (Lipinski definition) is 1. The van der Waals surface area contributed by atoms with Crippen LogP contribution in [0.3, 0.4) is 0 Å². The molecule has 1 heterocycles. The van der Waals surface area contributed by atoms with E-state index < -0.39 is 70.4 Å². The summed E-state index contributed by atoms with van der Waals surface area (Å²) >= 11 is 0. The summed E-state index contributed by atoms with van der Waals surface area (Å²) < 4.78 is 43.6. The normalized spacial score (nSPS) is 40.8. The number of esters is 2. The fourth-order valence-corrected chi connectivity index (χ4v) is 9.97. The number of benzene rings is 1. The second kappa shape index (κ2) is 10.4. The molecule has 0 unspecified atom stereocenters. The Morgan fingerprint density at radius 3 is 2.61 bits per heavy atom. The highest BCUT2D eigenvalue weighted by Gasteiger charge is 2.78. The van der Waals surface area contributed by atoms with E-state index in [1.807, 2.05) is 13.0 Å². The molecule has 4 fully saturated rings. The summed E-state index contributed by atoms with van der Waals surface area (Å²) in [6, 6.07) is 7.06. The van der Waals surface area contributed by atoms with E-state index in [1.165, 1.54) is 32.3 Å². The van der Waals surface area contributed by atoms with Crippen LogP contribution in [0.4, 0.5) is 8.78 Å². The Hall–Kier alpha value is -3.24. The number of ether oxygens (including phenoxy) is 2. The van der Waals surface area contributed by atoms with Gasteiger partial charge in [0.2, 0.25) is 0 Å². The molecule has 6 rings (SSSR count). The topological polar surface area (TPSA) is 110 Å². The highest BCUT2D eigenvalue weighted by Crippen LogP contribution is 2.74. The number of fused-ring (bicyclic) bond motifs is 7. The minimum atomic E-state index is -2.24. The maximum atomic E-state index is 17.7. The second-order valence-electron chi connectivity index (χ2n) is 13.8. The summed E-state index contributed by atoms with van der Waals surface area (Å²) in [6.45, 7) is 5.46. The Labute approximate surface area is 255 Å². The molecule has 8 nitrogen and oxygen atoms in total. The molecule has 44 heavy (non-hydrogen) atoms. The minimum Gasteiger partial charge on any atom is -0.465 e. The van der Waals surface area contributed by atoms with E-state index in [2.05, 4.69) is 4.90 Å². The van der Waals surface area contributed by atoms with Gasteiger partial charge in [0.25, 0.3) is 0 Å². The predicted octanol–water partition coefficient (Wildman–Crippen LogP) is 3.95. The van der Waals surface area contributed by atoms with E-state index in [9.17, 15) is 24.3 Å². The van der Waals surface area contributed by atoms with E-state index in [0.717, 1.165) is 5.56 Å². The summed E-state index contributed by atoms with van der Waals surface area (Å²) in [6.07, 6.45) is 0.941. The molecule has 3 saturated carbocycles. The first-order valence-electron chi connectivity index (χ1n) is 15.2. The fraction of sp³-hybridized carbons (Fsp3) is 0.588. The van der Waals surface area contributed by atoms with Crippen molar-refractivity contribution in [2.75, 3.05) is 26.8 Å². The molecule has 0 radical (unpaired) electrons. The number of carbonyl (C=O) groups is 4. The van der Waals surface area contributed by atoms with Gasteiger partial charge in [-0.15, -0.1) is 0 Å². The van der Waals surface area contributed by atoms with Crippen LogP contribution in [-0.4, -0.2) is 78.3 Å². The molecule has 5 aliphatic rings. The minimum absolute atomic E-state index is 0.0414. The zero-order chi connectivity index (χ0) is 31.8. The third-order valence-electron chi connectivity index (χ3n) is 11.9. The fourth-order valence-electron chi connectivity index (χ4n) is 9.97. The first kappa shape index (κ1) is 30.8. The number of halogens is 2. The van der Waals surface area contributed by atoms with Crippen molar-refractivity contribution in [1.29, 1.82) is 0 Å². The van der Waals surface area contributed by atoms with E-state index >= 15 is 8.78 Å². The molecule has 1 aromatic carbocycles. The third kappa shape index (κ3) is 4.12. The molecule has 1 saturated heterocycles. The first-order valence-corrected chi connectivity index (χ1v) is 15.2. The highest BCUT2D eigenvalue weighted by molar-refractivity contribution is 6.01. The van der Waals surface area contributed by atoms with Gasteiger partial charge in [0.05, 0.1) is 24.2 Å². The van der Waals surface area contributed by atoms with E-state index in [-0.39, 0.29) is 36.7 Å². The molecule has 1 aliphatic heterocycles. The number of Topliss-reactive ketones (excluding diaryl/α,β-unsaturated/α-hetero) is 1. The molecular weight excluding hydrogens is 572 g/mol. The van der Waals surface area contributed by atoms with Gasteiger partial charge < -0.3 is 14.6 Å². The molecule has 0 amide bonds. The van der Waals surface area contributed by atoms with E-state index in [1.54, 1.807) is 25.1 Å². The number of aliphatic hydroxyl groups excluding tert-OH is 1. The number of nitrogens with zero attached hydrogens (tertiary/aromatic N) is 1. The Kier molecular flexibility index (Phi) is 7.28. The SMILES string of the molecule is COC(=O)c1cccc(CN2C[C@@H]3C[C@H]4[C@@H]5C[C@H](F)C6=CC(=O)C=C[C@]6(C)[C@@]5(F)[C@@H](O)C[C@]4(C)[C@@]3(C(=O)COC(C)=O)C2)c1. The number of methoxy groups -OCH3 is 1. The van der Waals surface area contributed by atoms with Gasteiger partial charge in [0.15, 0.2) is 23.8 Å². The highest BCUT2D eigenvalue weighted by atomic mass is 19.1. The van der Waals surface area contributed by atoms with Gasteiger partial charge in [-0.25, -0.2) is 13.6 Å². The average Bonchev–Trinajstić information content (AvgIpc) is 3.46. The van der Waals surface area contributed by atoms with Gasteiger partial charge in [-0.05, 0) is 78.9 Å². The van der Waals surface area contributed by atoms with E-state index in [4.69, 9.17) is 9.47 Å². The number of alkyl halides is 2. The molecule has 0 spiro atoms. The van der Waals surface area contributed by atoms with Crippen LogP contribution in [-0.2, 0) is 30.4 Å². The largest absolute Gasteiger partial charge is 0.465 e. The Bertz CT molecular complexity index is 1490. The van der Waals surface area contributed by atoms with Crippen molar-refractivity contribution in [3.8, 4) is 0 Å². The van der Waals surface area contributed by atoms with Crippen LogP contribution >= 0.6 is 0 Å². The van der Waals surface area contributed by atoms with Crippen molar-refractivity contribution in [2.24, 2.45) is 34.0 Å². The number of rotatable bonds is 6. The molecule has 236 valence electrons. The molecule has 0 bridgehead atoms. The average molecular weight is 612 g/mol. The summed E-state index contributed by atoms with van der Waals surface area (Å²) in [4.78, 5) is 52.4. The van der Waals surface area contributed by atoms with Crippen LogP contribution in [0.1, 0.15) is 56.0 Å². The van der Waals surface area contributed by atoms with Crippen molar-refractivity contribution in [2.45, 2.75) is 64.5 Å². The number of aliphatic hydroxyl groups is 1. The lowest BCUT2D eigenvalue weighted by Crippen LogP contribution is -2.69. The predicted molar refractivity (Wildman–Crippen MR) is 155 cm³/mol. The number of carbonyl (C=O) groups excluding carboxylic acids is 4. The number of allylic oxidation sites excluding steroid dienone is 4. The third-order valence-corrected chi connectivity index (χ3v) is 11.9. The van der Waals surface area contributed by atoms with Gasteiger partial charge in [0, 0.05) is 37.9 Å². The van der Waals surface area contributed by atoms with Crippen molar-refractivity contribution < 1.29 is 42.5 Å². The summed E-state index contributed by atoms with van der Waals surface area (Å²) in [5.41, 5.74) is -4.44. The van der Waals surface area contributed by atoms with Crippen LogP contribution in [0.25, 0.3) is 0 Å². The summed E-state index contributed by atoms with van der Waals surface area (Å²) in [5.74, 6) is -3.33. The quantitative estimate of drug-likeness (QED) is 0.482. The number of ketones is 2. The molecule has 10 heteroatoms. The van der Waals surface area contributed by atoms with Crippen LogP contribution in [0, 0.1) is 34.0 Å². The molecule has 9 atom stereocenters. The van der Waals surface area contributed by atoms with Crippen LogP contribution < -0.4 is 0 Å². The smallest absolute Gasteiger partial charge is 0.337 e. The lowest BCUT2D eigenvalue weighted by Gasteiger charge is -2.63. The van der Waals surface area contributed by atoms with Gasteiger partial charge in [-0.3, -0.25) is 19.3 Å². The van der Waals surface area contributed by atoms with E-state index in [0.29, 0.717) is 25.1 Å². The molecule has 1 aromatic rings. The standard InChI is InChI=1S/C34H39F2NO7/c1-19(38)44-17-29(41)33-18-37(15-20-6-5-7-21(10-20)30(42)43-4)16-22(33)11-24-25-13-27(35)26-12-23(39)8-9-31(26,2)34(25,36)28(40)14-32(24,33)3/h5-10,12,22,24-25,27-28,40H,11,13-18H2,1-4H3/t22-,24-,25-,27-,28-,31-,32-,33-,34-/m0/s1. The van der Waals surface area contributed by atoms with Gasteiger partial charge in [-0.1, -0.05) is 25.1 Å². The number of likely N-dealkylation sites (tertiary alicyclic amines) is 1. The molecule has 1 N–H and O–H groups in total. The van der Waals surface area contributed by atoms with Crippen molar-refractivity contribution >= 4 is 23.5 Å². The van der Waals surface area contributed by atoms with Crippen molar-refractivity contribution in [1.82, 2.24) is 4.90 Å². The second-order valence-corrected chi connectivity index (χ2v) is 13.8. The summed E-state index contributed by atoms with van der Waals surface area (Å²) in [5, 5.41) is 11.8. The van der Waals surface area contributed by atoms with Gasteiger partial charge >= 0.3 is 11.9 Å². The molecule has 4 aliphatic carbocycles. The maximum Gasteiger partial charge on any atom is 0.337 e. The Balaban J connectivity index is 1.38.